The smallest absolute Gasteiger partial charge is 0.252 e. The predicted octanol–water partition coefficient (Wildman–Crippen LogP) is 1.85. The third-order valence-corrected chi connectivity index (χ3v) is 3.31. The lowest BCUT2D eigenvalue weighted by atomic mass is 10.2. The van der Waals surface area contributed by atoms with Crippen LogP contribution in [0.2, 0.25) is 0 Å². The average molecular weight is 337 g/mol. The number of amides is 2. The summed E-state index contributed by atoms with van der Waals surface area (Å²) in [6.45, 7) is 1.71. The normalized spacial score (nSPS) is 10.1. The number of halogens is 1. The summed E-state index contributed by atoms with van der Waals surface area (Å²) in [6.07, 6.45) is 1.61. The van der Waals surface area contributed by atoms with E-state index in [4.69, 9.17) is 0 Å². The molecular weight excluding hydrogens is 324 g/mol. The fourth-order valence-electron chi connectivity index (χ4n) is 1.56. The fraction of sp³-hybridized carbons (Fsp3) is 0.154. The lowest BCUT2D eigenvalue weighted by molar-refractivity contribution is -0.115. The van der Waals surface area contributed by atoms with Crippen LogP contribution < -0.4 is 10.6 Å². The number of anilines is 1. The number of hydrogen-bond donors (Lipinski definition) is 3. The summed E-state index contributed by atoms with van der Waals surface area (Å²) in [5.74, 6) is -0.100. The number of nitrogens with zero attached hydrogens (tertiary/aromatic N) is 1. The van der Waals surface area contributed by atoms with Crippen molar-refractivity contribution in [1.82, 2.24) is 15.5 Å². The van der Waals surface area contributed by atoms with Gasteiger partial charge < -0.3 is 10.6 Å². The van der Waals surface area contributed by atoms with Gasteiger partial charge >= 0.3 is 0 Å². The molecule has 0 spiro atoms. The molecule has 0 aliphatic rings. The van der Waals surface area contributed by atoms with Gasteiger partial charge in [-0.1, -0.05) is 12.1 Å². The lowest BCUT2D eigenvalue weighted by Crippen LogP contribution is -2.33. The Bertz CT molecular complexity index is 639. The first-order chi connectivity index (χ1) is 9.58. The van der Waals surface area contributed by atoms with Crippen molar-refractivity contribution in [3.05, 3.63) is 46.1 Å². The molecule has 0 fully saturated rings. The Kier molecular flexibility index (Phi) is 4.52. The number of carbonyl (C=O) groups excluding carboxylic acids is 2. The number of nitrogens with one attached hydrogen (secondary N) is 3. The highest BCUT2D eigenvalue weighted by Crippen LogP contribution is 2.15. The predicted molar refractivity (Wildman–Crippen MR) is 78.4 cm³/mol. The van der Waals surface area contributed by atoms with E-state index in [0.717, 1.165) is 5.56 Å². The van der Waals surface area contributed by atoms with E-state index in [1.807, 2.05) is 13.0 Å². The van der Waals surface area contributed by atoms with Gasteiger partial charge in [-0.25, -0.2) is 0 Å². The van der Waals surface area contributed by atoms with E-state index in [0.29, 0.717) is 15.9 Å². The van der Waals surface area contributed by atoms with Crippen LogP contribution in [0.4, 0.5) is 5.82 Å². The molecule has 0 radical (unpaired) electrons. The Labute approximate surface area is 124 Å². The number of benzene rings is 1. The fourth-order valence-corrected chi connectivity index (χ4v) is 2.02. The van der Waals surface area contributed by atoms with E-state index in [9.17, 15) is 9.59 Å². The number of aromatic nitrogens is 2. The second-order valence-corrected chi connectivity index (χ2v) is 4.99. The molecule has 6 nitrogen and oxygen atoms in total. The summed E-state index contributed by atoms with van der Waals surface area (Å²) in [7, 11) is 0. The van der Waals surface area contributed by atoms with E-state index in [1.165, 1.54) is 0 Å². The van der Waals surface area contributed by atoms with Crippen LogP contribution in [0.3, 0.4) is 0 Å². The van der Waals surface area contributed by atoms with Crippen LogP contribution in [0, 0.1) is 6.92 Å². The van der Waals surface area contributed by atoms with Crippen molar-refractivity contribution >= 4 is 33.6 Å². The summed E-state index contributed by atoms with van der Waals surface area (Å²) < 4.78 is 0.683. The molecule has 20 heavy (non-hydrogen) atoms. The number of H-pyrrole nitrogens is 1. The number of aromatic amines is 1. The van der Waals surface area contributed by atoms with E-state index in [1.54, 1.807) is 24.4 Å². The molecule has 7 heteroatoms. The van der Waals surface area contributed by atoms with Crippen molar-refractivity contribution in [3.63, 3.8) is 0 Å². The second-order valence-electron chi connectivity index (χ2n) is 4.14. The van der Waals surface area contributed by atoms with E-state index in [2.05, 4.69) is 36.8 Å². The molecule has 2 aromatic rings. The Morgan fingerprint density at radius 2 is 2.10 bits per heavy atom. The third-order valence-electron chi connectivity index (χ3n) is 2.62. The number of aryl methyl sites for hydroxylation is 1. The molecule has 0 unspecified atom stereocenters. The zero-order valence-corrected chi connectivity index (χ0v) is 12.3. The first kappa shape index (κ1) is 14.3. The molecule has 1 aromatic carbocycles. The Balaban J connectivity index is 1.89. The zero-order chi connectivity index (χ0) is 14.5. The number of hydrogen-bond acceptors (Lipinski definition) is 3. The Hall–Kier alpha value is -2.15. The molecule has 0 saturated carbocycles. The number of carbonyl (C=O) groups is 2. The van der Waals surface area contributed by atoms with E-state index in [-0.39, 0.29) is 18.4 Å². The SMILES string of the molecule is Cc1cn[nH]c1NC(=O)CNC(=O)c1ccccc1Br. The van der Waals surface area contributed by atoms with Crippen LogP contribution in [0.1, 0.15) is 15.9 Å². The third kappa shape index (κ3) is 3.45. The first-order valence-electron chi connectivity index (χ1n) is 5.90. The minimum atomic E-state index is -0.322. The topological polar surface area (TPSA) is 86.9 Å². The summed E-state index contributed by atoms with van der Waals surface area (Å²) in [6, 6.07) is 7.02. The highest BCUT2D eigenvalue weighted by molar-refractivity contribution is 9.10. The second kappa shape index (κ2) is 6.33. The van der Waals surface area contributed by atoms with Crippen LogP contribution in [0.15, 0.2) is 34.9 Å². The van der Waals surface area contributed by atoms with Gasteiger partial charge in [-0.05, 0) is 35.0 Å². The molecule has 2 amide bonds. The van der Waals surface area contributed by atoms with Crippen molar-refractivity contribution < 1.29 is 9.59 Å². The molecule has 0 bridgehead atoms. The Morgan fingerprint density at radius 1 is 1.35 bits per heavy atom. The monoisotopic (exact) mass is 336 g/mol. The zero-order valence-electron chi connectivity index (χ0n) is 10.7. The van der Waals surface area contributed by atoms with Gasteiger partial charge in [0, 0.05) is 10.0 Å². The van der Waals surface area contributed by atoms with Gasteiger partial charge in [-0.2, -0.15) is 5.10 Å². The van der Waals surface area contributed by atoms with Gasteiger partial charge in [0.2, 0.25) is 5.91 Å². The minimum absolute atomic E-state index is 0.112. The van der Waals surface area contributed by atoms with Crippen LogP contribution in [-0.2, 0) is 4.79 Å². The molecule has 104 valence electrons. The molecule has 1 heterocycles. The van der Waals surface area contributed by atoms with Gasteiger partial charge in [-0.3, -0.25) is 14.7 Å². The minimum Gasteiger partial charge on any atom is -0.343 e. The molecule has 1 aromatic heterocycles. The molecule has 0 saturated heterocycles. The van der Waals surface area contributed by atoms with Crippen molar-refractivity contribution in [2.75, 3.05) is 11.9 Å². The molecule has 0 aliphatic carbocycles. The first-order valence-corrected chi connectivity index (χ1v) is 6.70. The van der Waals surface area contributed by atoms with Gasteiger partial charge in [0.1, 0.15) is 5.82 Å². The van der Waals surface area contributed by atoms with E-state index < -0.39 is 0 Å². The van der Waals surface area contributed by atoms with Crippen molar-refractivity contribution in [2.45, 2.75) is 6.92 Å². The summed E-state index contributed by atoms with van der Waals surface area (Å²) in [5.41, 5.74) is 1.31. The van der Waals surface area contributed by atoms with Gasteiger partial charge in [0.05, 0.1) is 18.3 Å². The average Bonchev–Trinajstić information content (AvgIpc) is 2.82. The standard InChI is InChI=1S/C13H13BrN4O2/c1-8-6-16-18-12(8)17-11(19)7-15-13(20)9-4-2-3-5-10(9)14/h2-6H,7H2,1H3,(H,15,20)(H2,16,17,18,19). The van der Waals surface area contributed by atoms with E-state index >= 15 is 0 Å². The summed E-state index contributed by atoms with van der Waals surface area (Å²) in [5, 5.41) is 11.6. The Morgan fingerprint density at radius 3 is 2.75 bits per heavy atom. The molecule has 3 N–H and O–H groups in total. The van der Waals surface area contributed by atoms with Gasteiger partial charge in [0.15, 0.2) is 0 Å². The van der Waals surface area contributed by atoms with Crippen LogP contribution in [-0.4, -0.2) is 28.6 Å². The summed E-state index contributed by atoms with van der Waals surface area (Å²) >= 11 is 3.29. The summed E-state index contributed by atoms with van der Waals surface area (Å²) in [4.78, 5) is 23.6. The lowest BCUT2D eigenvalue weighted by Gasteiger charge is -2.07. The largest absolute Gasteiger partial charge is 0.343 e. The number of rotatable bonds is 4. The van der Waals surface area contributed by atoms with Crippen LogP contribution in [0.25, 0.3) is 0 Å². The molecular formula is C13H13BrN4O2. The van der Waals surface area contributed by atoms with Crippen LogP contribution >= 0.6 is 15.9 Å². The molecule has 2 rings (SSSR count). The maximum atomic E-state index is 11.9. The molecule has 0 aliphatic heterocycles. The maximum Gasteiger partial charge on any atom is 0.252 e. The quantitative estimate of drug-likeness (QED) is 0.796. The highest BCUT2D eigenvalue weighted by Gasteiger charge is 2.11. The molecule has 0 atom stereocenters. The van der Waals surface area contributed by atoms with Crippen LogP contribution in [0.5, 0.6) is 0 Å². The highest BCUT2D eigenvalue weighted by atomic mass is 79.9. The van der Waals surface area contributed by atoms with Crippen molar-refractivity contribution in [2.24, 2.45) is 0 Å². The van der Waals surface area contributed by atoms with Crippen molar-refractivity contribution in [1.29, 1.82) is 0 Å². The van der Waals surface area contributed by atoms with Gasteiger partial charge in [-0.15, -0.1) is 0 Å². The van der Waals surface area contributed by atoms with Crippen molar-refractivity contribution in [3.8, 4) is 0 Å². The van der Waals surface area contributed by atoms with Gasteiger partial charge in [0.25, 0.3) is 5.91 Å². The maximum absolute atomic E-state index is 11.9.